The summed E-state index contributed by atoms with van der Waals surface area (Å²) in [6.45, 7) is 14.4. The summed E-state index contributed by atoms with van der Waals surface area (Å²) in [6, 6.07) is 0. The van der Waals surface area contributed by atoms with Crippen molar-refractivity contribution in [1.29, 1.82) is 0 Å². The van der Waals surface area contributed by atoms with Gasteiger partial charge in [-0.15, -0.1) is 0 Å². The van der Waals surface area contributed by atoms with Gasteiger partial charge in [0.1, 0.15) is 0 Å². The van der Waals surface area contributed by atoms with E-state index in [-0.39, 0.29) is 0 Å². The molecule has 0 spiro atoms. The molecule has 0 atom stereocenters. The maximum absolute atomic E-state index is 2.96. The summed E-state index contributed by atoms with van der Waals surface area (Å²) >= 11 is -3.99. The Morgan fingerprint density at radius 1 is 0.433 bits per heavy atom. The number of allylic oxidation sites excluding steroid dienone is 1. The third-order valence-corrected chi connectivity index (χ3v) is 37.8. The predicted octanol–water partition coefficient (Wildman–Crippen LogP) is 11.2. The van der Waals surface area contributed by atoms with Crippen LogP contribution in [-0.2, 0) is 0 Å². The van der Waals surface area contributed by atoms with Gasteiger partial charge in [-0.05, 0) is 0 Å². The molecule has 0 radical (unpaired) electrons. The first kappa shape index (κ1) is 31.3. The standard InChI is InChI=1S/6C4H9.C4H6.2Sn/c7*1-3-4-2;;/h6*1,3-4H2,2H3;1,3H,2,4H2;;. The molecule has 30 heavy (non-hydrogen) atoms. The van der Waals surface area contributed by atoms with Crippen LogP contribution in [-0.4, -0.2) is 36.8 Å². The van der Waals surface area contributed by atoms with E-state index in [0.29, 0.717) is 0 Å². The van der Waals surface area contributed by atoms with Gasteiger partial charge in [-0.3, -0.25) is 0 Å². The number of hydrogen-bond acceptors (Lipinski definition) is 0. The second kappa shape index (κ2) is 20.9. The maximum atomic E-state index is 2.96. The third kappa shape index (κ3) is 14.5. The Morgan fingerprint density at radius 2 is 0.767 bits per heavy atom. The molecule has 0 aliphatic heterocycles. The number of hydrogen-bond donors (Lipinski definition) is 0. The van der Waals surface area contributed by atoms with Gasteiger partial charge in [-0.2, -0.15) is 0 Å². The Balaban J connectivity index is 5.27. The van der Waals surface area contributed by atoms with Crippen molar-refractivity contribution in [1.82, 2.24) is 0 Å². The Kier molecular flexibility index (Phi) is 21.8. The van der Waals surface area contributed by atoms with Gasteiger partial charge in [-0.25, -0.2) is 0 Å². The zero-order valence-corrected chi connectivity index (χ0v) is 28.0. The summed E-state index contributed by atoms with van der Waals surface area (Å²) in [7, 11) is 0. The molecule has 0 aliphatic rings. The van der Waals surface area contributed by atoms with Crippen LogP contribution in [0.4, 0.5) is 0 Å². The van der Waals surface area contributed by atoms with Crippen LogP contribution in [0.25, 0.3) is 0 Å². The summed E-state index contributed by atoms with van der Waals surface area (Å²) in [4.78, 5) is 0. The molecule has 0 aromatic heterocycles. The van der Waals surface area contributed by atoms with Crippen molar-refractivity contribution in [3.05, 3.63) is 10.2 Å². The molecule has 0 rings (SSSR count). The first-order valence-corrected chi connectivity index (χ1v) is 30.0. The van der Waals surface area contributed by atoms with E-state index in [2.05, 4.69) is 51.7 Å². The van der Waals surface area contributed by atoms with Crippen molar-refractivity contribution in [3.63, 3.8) is 0 Å². The topological polar surface area (TPSA) is 0 Å². The van der Waals surface area contributed by atoms with Crippen LogP contribution in [0.2, 0.25) is 31.1 Å². The van der Waals surface area contributed by atoms with E-state index in [0.717, 1.165) is 0 Å². The molecule has 0 unspecified atom stereocenters. The van der Waals surface area contributed by atoms with Gasteiger partial charge in [0.05, 0.1) is 0 Å². The van der Waals surface area contributed by atoms with Crippen molar-refractivity contribution in [2.24, 2.45) is 0 Å². The van der Waals surface area contributed by atoms with Crippen molar-refractivity contribution >= 4 is 36.8 Å². The van der Waals surface area contributed by atoms with Crippen LogP contribution in [0.5, 0.6) is 0 Å². The van der Waals surface area contributed by atoms with E-state index in [9.17, 15) is 0 Å². The Bertz CT molecular complexity index is 345. The molecule has 0 amide bonds. The molecule has 0 aromatic rings. The minimum absolute atomic E-state index is 1.40. The summed E-state index contributed by atoms with van der Waals surface area (Å²) in [5.74, 6) is 0. The second-order valence-corrected chi connectivity index (χ2v) is 37.7. The van der Waals surface area contributed by atoms with Gasteiger partial charge in [0.15, 0.2) is 0 Å². The monoisotopic (exact) mass is 636 g/mol. The number of unbranched alkanes of at least 4 members (excludes halogenated alkanes) is 6. The average Bonchev–Trinajstić information content (AvgIpc) is 2.77. The van der Waals surface area contributed by atoms with Gasteiger partial charge in [0.2, 0.25) is 0 Å². The molecule has 0 aromatic carbocycles. The first-order chi connectivity index (χ1) is 14.6. The quantitative estimate of drug-likeness (QED) is 0.104. The van der Waals surface area contributed by atoms with Crippen LogP contribution in [0.3, 0.4) is 0 Å². The molecular formula is C28H60Sn2. The van der Waals surface area contributed by atoms with Gasteiger partial charge >= 0.3 is 203 Å². The van der Waals surface area contributed by atoms with Crippen LogP contribution in [0, 0.1) is 0 Å². The molecule has 0 aliphatic carbocycles. The van der Waals surface area contributed by atoms with Gasteiger partial charge in [0.25, 0.3) is 0 Å². The number of rotatable bonds is 22. The summed E-state index contributed by atoms with van der Waals surface area (Å²) in [5, 5.41) is 0. The Labute approximate surface area is 201 Å². The van der Waals surface area contributed by atoms with E-state index in [1.54, 1.807) is 31.1 Å². The molecular weight excluding hydrogens is 574 g/mol. The van der Waals surface area contributed by atoms with E-state index in [1.807, 2.05) is 0 Å². The van der Waals surface area contributed by atoms with E-state index in [1.165, 1.54) is 83.5 Å². The minimum atomic E-state index is -2.06. The second-order valence-electron chi connectivity index (χ2n) is 10.4. The van der Waals surface area contributed by atoms with Gasteiger partial charge in [0, 0.05) is 0 Å². The molecule has 0 saturated carbocycles. The molecule has 0 bridgehead atoms. The van der Waals surface area contributed by atoms with Crippen molar-refractivity contribution < 1.29 is 0 Å². The van der Waals surface area contributed by atoms with Crippen molar-refractivity contribution in [2.45, 2.75) is 156 Å². The third-order valence-electron chi connectivity index (χ3n) is 7.58. The zero-order chi connectivity index (χ0) is 22.6. The van der Waals surface area contributed by atoms with Gasteiger partial charge < -0.3 is 0 Å². The fraction of sp³-hybridized carbons (Fsp3) is 0.929. The zero-order valence-electron chi connectivity index (χ0n) is 22.3. The van der Waals surface area contributed by atoms with Crippen LogP contribution < -0.4 is 0 Å². The van der Waals surface area contributed by atoms with Crippen LogP contribution in [0.1, 0.15) is 125 Å². The SMILES string of the molecule is CCC[CH2][Sn]([CH]=CC[CH2][Sn]([CH2]CCC)([CH2]CCC)[CH2]CCC)([CH2]CCC)[CH2]CCC. The molecule has 0 nitrogen and oxygen atoms in total. The normalized spacial score (nSPS) is 12.9. The Morgan fingerprint density at radius 3 is 1.10 bits per heavy atom. The van der Waals surface area contributed by atoms with E-state index >= 15 is 0 Å². The summed E-state index contributed by atoms with van der Waals surface area (Å²) in [5.41, 5.74) is 0. The molecule has 0 fully saturated rings. The first-order valence-electron chi connectivity index (χ1n) is 14.2. The fourth-order valence-corrected chi connectivity index (χ4v) is 35.8. The van der Waals surface area contributed by atoms with Crippen LogP contribution in [0.15, 0.2) is 10.2 Å². The van der Waals surface area contributed by atoms with Crippen molar-refractivity contribution in [2.75, 3.05) is 0 Å². The predicted molar refractivity (Wildman–Crippen MR) is 148 cm³/mol. The average molecular weight is 634 g/mol. The molecule has 0 heterocycles. The van der Waals surface area contributed by atoms with E-state index < -0.39 is 36.8 Å². The van der Waals surface area contributed by atoms with Crippen LogP contribution >= 0.6 is 0 Å². The van der Waals surface area contributed by atoms with Crippen molar-refractivity contribution in [3.8, 4) is 0 Å². The van der Waals surface area contributed by atoms with Gasteiger partial charge in [-0.1, -0.05) is 0 Å². The summed E-state index contributed by atoms with van der Waals surface area (Å²) in [6.07, 6.45) is 21.8. The van der Waals surface area contributed by atoms with E-state index in [4.69, 9.17) is 0 Å². The molecule has 2 heteroatoms. The molecule has 0 saturated heterocycles. The Hall–Kier alpha value is 1.34. The summed E-state index contributed by atoms with van der Waals surface area (Å²) < 4.78 is 14.6. The molecule has 180 valence electrons. The molecule has 0 N–H and O–H groups in total. The fourth-order valence-electron chi connectivity index (χ4n) is 5.34.